The van der Waals surface area contributed by atoms with Crippen LogP contribution < -0.4 is 10.2 Å². The van der Waals surface area contributed by atoms with E-state index in [0.717, 1.165) is 37.8 Å². The number of ether oxygens (including phenoxy) is 1. The van der Waals surface area contributed by atoms with Gasteiger partial charge in [-0.3, -0.25) is 4.98 Å². The lowest BCUT2D eigenvalue weighted by atomic mass is 10.0. The third-order valence-electron chi connectivity index (χ3n) is 3.30. The second-order valence-electron chi connectivity index (χ2n) is 5.92. The van der Waals surface area contributed by atoms with Crippen LogP contribution in [0.2, 0.25) is 0 Å². The molecule has 1 aromatic rings. The van der Waals surface area contributed by atoms with Crippen molar-refractivity contribution in [2.45, 2.75) is 45.8 Å². The monoisotopic (exact) mass is 264 g/mol. The lowest BCUT2D eigenvalue weighted by Crippen LogP contribution is -2.53. The molecule has 19 heavy (non-hydrogen) atoms. The molecule has 1 aliphatic rings. The number of rotatable bonds is 4. The molecule has 0 unspecified atom stereocenters. The first kappa shape index (κ1) is 14.2. The van der Waals surface area contributed by atoms with Crippen molar-refractivity contribution in [3.8, 4) is 0 Å². The van der Waals surface area contributed by atoms with Gasteiger partial charge in [0.2, 0.25) is 0 Å². The van der Waals surface area contributed by atoms with E-state index in [1.54, 1.807) is 0 Å². The fourth-order valence-electron chi connectivity index (χ4n) is 2.17. The molecule has 0 bridgehead atoms. The number of aromatic nitrogens is 2. The number of anilines is 1. The van der Waals surface area contributed by atoms with Gasteiger partial charge in [0.1, 0.15) is 5.82 Å². The van der Waals surface area contributed by atoms with Gasteiger partial charge >= 0.3 is 0 Å². The first-order valence-electron chi connectivity index (χ1n) is 6.89. The van der Waals surface area contributed by atoms with Gasteiger partial charge in [-0.2, -0.15) is 0 Å². The zero-order valence-electron chi connectivity index (χ0n) is 12.3. The third-order valence-corrected chi connectivity index (χ3v) is 3.30. The second-order valence-corrected chi connectivity index (χ2v) is 5.92. The Morgan fingerprint density at radius 1 is 1.37 bits per heavy atom. The molecule has 1 fully saturated rings. The maximum absolute atomic E-state index is 5.53. The van der Waals surface area contributed by atoms with Gasteiger partial charge in [0.05, 0.1) is 36.8 Å². The van der Waals surface area contributed by atoms with Crippen molar-refractivity contribution in [3.05, 3.63) is 18.1 Å². The normalized spacial score (nSPS) is 18.9. The highest BCUT2D eigenvalue weighted by molar-refractivity contribution is 5.40. The van der Waals surface area contributed by atoms with Crippen molar-refractivity contribution in [1.82, 2.24) is 15.3 Å². The van der Waals surface area contributed by atoms with Crippen LogP contribution in [-0.2, 0) is 11.3 Å². The molecule has 5 nitrogen and oxygen atoms in total. The Morgan fingerprint density at radius 2 is 2.16 bits per heavy atom. The van der Waals surface area contributed by atoms with Gasteiger partial charge in [0.25, 0.3) is 0 Å². The van der Waals surface area contributed by atoms with Crippen LogP contribution in [0.3, 0.4) is 0 Å². The molecule has 2 heterocycles. The van der Waals surface area contributed by atoms with E-state index in [1.165, 1.54) is 0 Å². The first-order chi connectivity index (χ1) is 8.99. The molecule has 2 rings (SSSR count). The molecule has 106 valence electrons. The van der Waals surface area contributed by atoms with E-state index in [2.05, 4.69) is 47.9 Å². The van der Waals surface area contributed by atoms with Crippen LogP contribution in [0.5, 0.6) is 0 Å². The van der Waals surface area contributed by atoms with Gasteiger partial charge in [-0.1, -0.05) is 13.8 Å². The van der Waals surface area contributed by atoms with Crippen LogP contribution in [0.25, 0.3) is 0 Å². The minimum absolute atomic E-state index is 0.0232. The highest BCUT2D eigenvalue weighted by Gasteiger charge is 2.31. The van der Waals surface area contributed by atoms with Gasteiger partial charge in [-0.15, -0.1) is 0 Å². The molecule has 1 aliphatic heterocycles. The largest absolute Gasteiger partial charge is 0.377 e. The van der Waals surface area contributed by atoms with Crippen molar-refractivity contribution < 1.29 is 4.74 Å². The van der Waals surface area contributed by atoms with Crippen LogP contribution in [0, 0.1) is 0 Å². The number of hydrogen-bond donors (Lipinski definition) is 1. The van der Waals surface area contributed by atoms with Crippen molar-refractivity contribution in [2.24, 2.45) is 0 Å². The molecular weight excluding hydrogens is 240 g/mol. The molecular formula is C14H24N4O. The Bertz CT molecular complexity index is 402. The average molecular weight is 264 g/mol. The molecule has 0 radical (unpaired) electrons. The zero-order chi connectivity index (χ0) is 13.9. The summed E-state index contributed by atoms with van der Waals surface area (Å²) >= 11 is 0. The summed E-state index contributed by atoms with van der Waals surface area (Å²) in [6, 6.07) is 0.458. The Balaban J connectivity index is 2.05. The minimum Gasteiger partial charge on any atom is -0.377 e. The minimum atomic E-state index is -0.0232. The van der Waals surface area contributed by atoms with Crippen molar-refractivity contribution >= 4 is 5.82 Å². The molecule has 0 saturated carbocycles. The maximum Gasteiger partial charge on any atom is 0.147 e. The Hall–Kier alpha value is -1.20. The quantitative estimate of drug-likeness (QED) is 0.895. The summed E-state index contributed by atoms with van der Waals surface area (Å²) in [6.07, 6.45) is 3.72. The summed E-state index contributed by atoms with van der Waals surface area (Å²) < 4.78 is 5.53. The molecule has 0 amide bonds. The fraction of sp³-hybridized carbons (Fsp3) is 0.714. The highest BCUT2D eigenvalue weighted by atomic mass is 16.5. The van der Waals surface area contributed by atoms with Crippen LogP contribution in [0.1, 0.15) is 33.4 Å². The smallest absolute Gasteiger partial charge is 0.147 e. The number of morpholine rings is 1. The maximum atomic E-state index is 5.53. The molecule has 1 aromatic heterocycles. The summed E-state index contributed by atoms with van der Waals surface area (Å²) in [5.41, 5.74) is 0.952. The zero-order valence-corrected chi connectivity index (χ0v) is 12.3. The van der Waals surface area contributed by atoms with Crippen molar-refractivity contribution in [2.75, 3.05) is 24.7 Å². The Labute approximate surface area is 115 Å². The van der Waals surface area contributed by atoms with E-state index in [1.807, 2.05) is 12.4 Å². The van der Waals surface area contributed by atoms with Gasteiger partial charge in [0, 0.05) is 19.1 Å². The topological polar surface area (TPSA) is 50.3 Å². The van der Waals surface area contributed by atoms with E-state index >= 15 is 0 Å². The molecule has 1 saturated heterocycles. The number of hydrogen-bond acceptors (Lipinski definition) is 5. The van der Waals surface area contributed by atoms with Crippen LogP contribution in [0.15, 0.2) is 12.4 Å². The molecule has 0 aromatic carbocycles. The fourth-order valence-corrected chi connectivity index (χ4v) is 2.17. The van der Waals surface area contributed by atoms with Crippen molar-refractivity contribution in [3.63, 3.8) is 0 Å². The summed E-state index contributed by atoms with van der Waals surface area (Å²) in [6.45, 7) is 11.7. The van der Waals surface area contributed by atoms with E-state index in [0.29, 0.717) is 6.04 Å². The van der Waals surface area contributed by atoms with E-state index in [9.17, 15) is 0 Å². The summed E-state index contributed by atoms with van der Waals surface area (Å²) in [4.78, 5) is 11.3. The van der Waals surface area contributed by atoms with Crippen LogP contribution in [-0.4, -0.2) is 41.3 Å². The number of nitrogens with zero attached hydrogens (tertiary/aromatic N) is 3. The van der Waals surface area contributed by atoms with Gasteiger partial charge in [-0.05, 0) is 13.8 Å². The first-order valence-corrected chi connectivity index (χ1v) is 6.89. The SMILES string of the molecule is CC(C)NCc1cnc(N2CCOCC2(C)C)cn1. The molecule has 0 spiro atoms. The average Bonchev–Trinajstić information content (AvgIpc) is 2.37. The van der Waals surface area contributed by atoms with Crippen LogP contribution in [0.4, 0.5) is 5.82 Å². The second kappa shape index (κ2) is 5.84. The molecule has 0 atom stereocenters. The summed E-state index contributed by atoms with van der Waals surface area (Å²) in [5.74, 6) is 0.932. The van der Waals surface area contributed by atoms with Crippen LogP contribution >= 0.6 is 0 Å². The molecule has 1 N–H and O–H groups in total. The summed E-state index contributed by atoms with van der Waals surface area (Å²) in [5, 5.41) is 3.34. The highest BCUT2D eigenvalue weighted by Crippen LogP contribution is 2.24. The number of nitrogens with one attached hydrogen (secondary N) is 1. The molecule has 0 aliphatic carbocycles. The predicted molar refractivity (Wildman–Crippen MR) is 76.3 cm³/mol. The molecule has 5 heteroatoms. The van der Waals surface area contributed by atoms with E-state index < -0.39 is 0 Å². The van der Waals surface area contributed by atoms with Gasteiger partial charge in [0.15, 0.2) is 0 Å². The lowest BCUT2D eigenvalue weighted by Gasteiger charge is -2.42. The Kier molecular flexibility index (Phi) is 4.37. The Morgan fingerprint density at radius 3 is 2.74 bits per heavy atom. The lowest BCUT2D eigenvalue weighted by molar-refractivity contribution is 0.0638. The summed E-state index contributed by atoms with van der Waals surface area (Å²) in [7, 11) is 0. The predicted octanol–water partition coefficient (Wildman–Crippen LogP) is 1.59. The third kappa shape index (κ3) is 3.64. The standard InChI is InChI=1S/C14H24N4O/c1-11(2)15-7-12-8-17-13(9-16-12)18-5-6-19-10-14(18,3)4/h8-9,11,15H,5-7,10H2,1-4H3. The van der Waals surface area contributed by atoms with E-state index in [-0.39, 0.29) is 5.54 Å². The van der Waals surface area contributed by atoms with E-state index in [4.69, 9.17) is 4.74 Å². The van der Waals surface area contributed by atoms with Gasteiger partial charge < -0.3 is 15.0 Å². The van der Waals surface area contributed by atoms with Crippen molar-refractivity contribution in [1.29, 1.82) is 0 Å². The van der Waals surface area contributed by atoms with Gasteiger partial charge in [-0.25, -0.2) is 4.98 Å².